The molecule has 0 radical (unpaired) electrons. The number of carbonyl (C=O) groups is 2. The number of esters is 1. The lowest BCUT2D eigenvalue weighted by atomic mass is 10.1. The molecular weight excluding hydrogens is 372 g/mol. The van der Waals surface area contributed by atoms with Crippen molar-refractivity contribution in [3.8, 4) is 0 Å². The van der Waals surface area contributed by atoms with Gasteiger partial charge in [0.1, 0.15) is 6.54 Å². The normalized spacial score (nSPS) is 10.6. The summed E-state index contributed by atoms with van der Waals surface area (Å²) in [6, 6.07) is 12.8. The van der Waals surface area contributed by atoms with Crippen LogP contribution in [0.25, 0.3) is 6.08 Å². The van der Waals surface area contributed by atoms with E-state index in [9.17, 15) is 19.7 Å². The third kappa shape index (κ3) is 6.23. The molecule has 0 unspecified atom stereocenters. The number of amides is 1. The molecule has 0 aliphatic heterocycles. The average molecular weight is 389 g/mol. The molecule has 0 atom stereocenters. The summed E-state index contributed by atoms with van der Waals surface area (Å²) in [7, 11) is 1.24. The standard InChI is InChI=1S/C19H17ClN2O5/c1-27-19(24)13-21(12-15-5-8-16(20)9-6-15)18(23)10-7-14-3-2-4-17(11-14)22(25)26/h2-11H,12-13H2,1H3/b10-7+. The van der Waals surface area contributed by atoms with Gasteiger partial charge in [-0.15, -0.1) is 0 Å². The topological polar surface area (TPSA) is 89.8 Å². The number of ether oxygens (including phenoxy) is 1. The predicted octanol–water partition coefficient (Wildman–Crippen LogP) is 3.46. The highest BCUT2D eigenvalue weighted by molar-refractivity contribution is 6.30. The number of rotatable bonds is 7. The highest BCUT2D eigenvalue weighted by atomic mass is 35.5. The molecule has 0 N–H and O–H groups in total. The maximum atomic E-state index is 12.5. The van der Waals surface area contributed by atoms with E-state index in [4.69, 9.17) is 11.6 Å². The van der Waals surface area contributed by atoms with Gasteiger partial charge in [0.25, 0.3) is 5.69 Å². The Kier molecular flexibility index (Phi) is 7.08. The van der Waals surface area contributed by atoms with E-state index in [0.29, 0.717) is 10.6 Å². The van der Waals surface area contributed by atoms with Gasteiger partial charge in [-0.25, -0.2) is 0 Å². The van der Waals surface area contributed by atoms with E-state index in [1.165, 1.54) is 42.4 Å². The lowest BCUT2D eigenvalue weighted by Crippen LogP contribution is -2.34. The van der Waals surface area contributed by atoms with E-state index in [1.54, 1.807) is 30.3 Å². The van der Waals surface area contributed by atoms with Crippen LogP contribution in [0.3, 0.4) is 0 Å². The number of nitro groups is 1. The van der Waals surface area contributed by atoms with E-state index in [0.717, 1.165) is 5.56 Å². The molecule has 0 saturated heterocycles. The summed E-state index contributed by atoms with van der Waals surface area (Å²) in [6.45, 7) is -0.0401. The van der Waals surface area contributed by atoms with Crippen LogP contribution in [-0.2, 0) is 20.9 Å². The van der Waals surface area contributed by atoms with Crippen LogP contribution in [0, 0.1) is 10.1 Å². The first-order valence-corrected chi connectivity index (χ1v) is 8.29. The Bertz CT molecular complexity index is 865. The maximum absolute atomic E-state index is 12.5. The van der Waals surface area contributed by atoms with Crippen molar-refractivity contribution in [2.24, 2.45) is 0 Å². The van der Waals surface area contributed by atoms with Gasteiger partial charge in [0.05, 0.1) is 12.0 Å². The van der Waals surface area contributed by atoms with Gasteiger partial charge in [-0.1, -0.05) is 35.9 Å². The zero-order valence-corrected chi connectivity index (χ0v) is 15.3. The third-order valence-electron chi connectivity index (χ3n) is 3.65. The van der Waals surface area contributed by atoms with Gasteiger partial charge in [0.15, 0.2) is 0 Å². The van der Waals surface area contributed by atoms with Crippen molar-refractivity contribution in [3.63, 3.8) is 0 Å². The Labute approximate surface area is 161 Å². The first-order chi connectivity index (χ1) is 12.9. The first kappa shape index (κ1) is 20.1. The number of nitrogens with zero attached hydrogens (tertiary/aromatic N) is 2. The van der Waals surface area contributed by atoms with Gasteiger partial charge in [-0.2, -0.15) is 0 Å². The van der Waals surface area contributed by atoms with Gasteiger partial charge in [-0.3, -0.25) is 19.7 Å². The Morgan fingerprint density at radius 3 is 2.56 bits per heavy atom. The Hall–Kier alpha value is -3.19. The molecule has 140 valence electrons. The highest BCUT2D eigenvalue weighted by Gasteiger charge is 2.16. The zero-order chi connectivity index (χ0) is 19.8. The van der Waals surface area contributed by atoms with Crippen LogP contribution in [-0.4, -0.2) is 35.4 Å². The molecule has 0 fully saturated rings. The van der Waals surface area contributed by atoms with Crippen molar-refractivity contribution in [2.75, 3.05) is 13.7 Å². The molecule has 2 rings (SSSR count). The van der Waals surface area contributed by atoms with E-state index < -0.39 is 16.8 Å². The van der Waals surface area contributed by atoms with Crippen molar-refractivity contribution in [2.45, 2.75) is 6.54 Å². The summed E-state index contributed by atoms with van der Waals surface area (Å²) >= 11 is 5.86. The van der Waals surface area contributed by atoms with Gasteiger partial charge in [-0.05, 0) is 29.3 Å². The minimum absolute atomic E-state index is 0.0721. The second kappa shape index (κ2) is 9.49. The molecule has 2 aromatic carbocycles. The van der Waals surface area contributed by atoms with Crippen molar-refractivity contribution < 1.29 is 19.2 Å². The maximum Gasteiger partial charge on any atom is 0.325 e. The van der Waals surface area contributed by atoms with Crippen molar-refractivity contribution >= 4 is 35.2 Å². The van der Waals surface area contributed by atoms with Crippen molar-refractivity contribution in [3.05, 3.63) is 80.9 Å². The summed E-state index contributed by atoms with van der Waals surface area (Å²) < 4.78 is 4.64. The first-order valence-electron chi connectivity index (χ1n) is 7.91. The van der Waals surface area contributed by atoms with Crippen molar-refractivity contribution in [1.29, 1.82) is 0 Å². The van der Waals surface area contributed by atoms with E-state index in [1.807, 2.05) is 0 Å². The number of hydrogen-bond acceptors (Lipinski definition) is 5. The van der Waals surface area contributed by atoms with Crippen LogP contribution in [0.5, 0.6) is 0 Å². The average Bonchev–Trinajstić information content (AvgIpc) is 2.67. The van der Waals surface area contributed by atoms with Gasteiger partial charge >= 0.3 is 5.97 Å². The number of carbonyl (C=O) groups excluding carboxylic acids is 2. The molecule has 0 aliphatic carbocycles. The Morgan fingerprint density at radius 1 is 1.22 bits per heavy atom. The molecule has 0 aromatic heterocycles. The van der Waals surface area contributed by atoms with Crippen LogP contribution in [0.1, 0.15) is 11.1 Å². The second-order valence-electron chi connectivity index (χ2n) is 5.58. The number of nitro benzene ring substituents is 1. The Balaban J connectivity index is 2.17. The minimum Gasteiger partial charge on any atom is -0.468 e. The van der Waals surface area contributed by atoms with Crippen LogP contribution in [0.15, 0.2) is 54.6 Å². The van der Waals surface area contributed by atoms with Gasteiger partial charge in [0.2, 0.25) is 5.91 Å². The molecular formula is C19H17ClN2O5. The molecule has 2 aromatic rings. The van der Waals surface area contributed by atoms with Gasteiger partial charge in [0, 0.05) is 29.8 Å². The largest absolute Gasteiger partial charge is 0.468 e. The molecule has 0 aliphatic rings. The third-order valence-corrected chi connectivity index (χ3v) is 3.90. The lowest BCUT2D eigenvalue weighted by molar-refractivity contribution is -0.384. The lowest BCUT2D eigenvalue weighted by Gasteiger charge is -2.20. The quantitative estimate of drug-likeness (QED) is 0.313. The molecule has 27 heavy (non-hydrogen) atoms. The second-order valence-corrected chi connectivity index (χ2v) is 6.02. The summed E-state index contributed by atoms with van der Waals surface area (Å²) in [6.07, 6.45) is 2.72. The molecule has 0 bridgehead atoms. The van der Waals surface area contributed by atoms with Crippen LogP contribution < -0.4 is 0 Å². The van der Waals surface area contributed by atoms with Crippen molar-refractivity contribution in [1.82, 2.24) is 4.90 Å². The number of non-ortho nitro benzene ring substituents is 1. The monoisotopic (exact) mass is 388 g/mol. The van der Waals surface area contributed by atoms with Crippen LogP contribution in [0.2, 0.25) is 5.02 Å². The minimum atomic E-state index is -0.555. The zero-order valence-electron chi connectivity index (χ0n) is 14.5. The molecule has 7 nitrogen and oxygen atoms in total. The highest BCUT2D eigenvalue weighted by Crippen LogP contribution is 2.15. The van der Waals surface area contributed by atoms with E-state index in [2.05, 4.69) is 4.74 Å². The summed E-state index contributed by atoms with van der Waals surface area (Å²) in [5.74, 6) is -0.983. The van der Waals surface area contributed by atoms with Crippen LogP contribution >= 0.6 is 11.6 Å². The number of methoxy groups -OCH3 is 1. The summed E-state index contributed by atoms with van der Waals surface area (Å²) in [5.41, 5.74) is 1.22. The molecule has 0 spiro atoms. The fraction of sp³-hybridized carbons (Fsp3) is 0.158. The Morgan fingerprint density at radius 2 is 1.93 bits per heavy atom. The molecule has 0 saturated carbocycles. The summed E-state index contributed by atoms with van der Waals surface area (Å²) in [4.78, 5) is 35.8. The fourth-order valence-electron chi connectivity index (χ4n) is 2.26. The number of hydrogen-bond donors (Lipinski definition) is 0. The smallest absolute Gasteiger partial charge is 0.325 e. The molecule has 0 heterocycles. The fourth-order valence-corrected chi connectivity index (χ4v) is 2.38. The molecule has 1 amide bonds. The van der Waals surface area contributed by atoms with E-state index >= 15 is 0 Å². The van der Waals surface area contributed by atoms with Crippen LogP contribution in [0.4, 0.5) is 5.69 Å². The number of halogens is 1. The number of benzene rings is 2. The SMILES string of the molecule is COC(=O)CN(Cc1ccc(Cl)cc1)C(=O)/C=C/c1cccc([N+](=O)[O-])c1. The predicted molar refractivity (Wildman–Crippen MR) is 101 cm³/mol. The van der Waals surface area contributed by atoms with Gasteiger partial charge < -0.3 is 9.64 Å². The molecule has 8 heteroatoms. The summed E-state index contributed by atoms with van der Waals surface area (Å²) in [5, 5.41) is 11.4. The van der Waals surface area contributed by atoms with E-state index in [-0.39, 0.29) is 18.8 Å².